The van der Waals surface area contributed by atoms with E-state index in [9.17, 15) is 0 Å². The summed E-state index contributed by atoms with van der Waals surface area (Å²) in [5.74, 6) is 0. The lowest BCUT2D eigenvalue weighted by Gasteiger charge is -2.15. The van der Waals surface area contributed by atoms with Gasteiger partial charge in [-0.1, -0.05) is 127 Å². The lowest BCUT2D eigenvalue weighted by Crippen LogP contribution is -1.97. The summed E-state index contributed by atoms with van der Waals surface area (Å²) in [6.07, 6.45) is 0. The summed E-state index contributed by atoms with van der Waals surface area (Å²) in [5.41, 5.74) is 9.70. The molecule has 0 saturated carbocycles. The predicted octanol–water partition coefficient (Wildman–Crippen LogP) is 11.9. The average Bonchev–Trinajstić information content (AvgIpc) is 3.64. The first kappa shape index (κ1) is 25.2. The molecule has 46 heavy (non-hydrogen) atoms. The van der Waals surface area contributed by atoms with E-state index in [1.54, 1.807) is 0 Å². The van der Waals surface area contributed by atoms with Crippen LogP contribution in [0.3, 0.4) is 0 Å². The highest BCUT2D eigenvalue weighted by atomic mass is 15.0. The van der Waals surface area contributed by atoms with Crippen molar-refractivity contribution in [2.45, 2.75) is 0 Å². The van der Waals surface area contributed by atoms with E-state index in [4.69, 9.17) is 0 Å². The van der Waals surface area contributed by atoms with Crippen LogP contribution in [0.15, 0.2) is 170 Å². The molecule has 0 N–H and O–H groups in total. The maximum Gasteiger partial charge on any atom is 0.0549 e. The van der Waals surface area contributed by atoms with Gasteiger partial charge in [0.2, 0.25) is 0 Å². The van der Waals surface area contributed by atoms with Crippen molar-refractivity contribution in [2.24, 2.45) is 0 Å². The first-order valence-electron chi connectivity index (χ1n) is 15.9. The molecule has 2 heteroatoms. The van der Waals surface area contributed by atoms with Crippen molar-refractivity contribution in [3.05, 3.63) is 170 Å². The third kappa shape index (κ3) is 3.53. The maximum atomic E-state index is 2.49. The van der Waals surface area contributed by atoms with Crippen LogP contribution < -0.4 is 0 Å². The Hall–Kier alpha value is -6.12. The number of hydrogen-bond donors (Lipinski definition) is 0. The van der Waals surface area contributed by atoms with Gasteiger partial charge in [-0.25, -0.2) is 0 Å². The molecule has 0 aliphatic heterocycles. The molecule has 0 saturated heterocycles. The molecular weight excluding hydrogens is 556 g/mol. The normalized spacial score (nSPS) is 11.9. The molecule has 0 unspecified atom stereocenters. The molecule has 2 aromatic heterocycles. The van der Waals surface area contributed by atoms with Gasteiger partial charge >= 0.3 is 0 Å². The van der Waals surface area contributed by atoms with E-state index in [1.807, 2.05) is 0 Å². The monoisotopic (exact) mass is 584 g/mol. The fraction of sp³-hybridized carbons (Fsp3) is 0. The van der Waals surface area contributed by atoms with Crippen molar-refractivity contribution < 1.29 is 0 Å². The highest BCUT2D eigenvalue weighted by Gasteiger charge is 2.21. The largest absolute Gasteiger partial charge is 0.309 e. The average molecular weight is 585 g/mol. The second-order valence-electron chi connectivity index (χ2n) is 12.1. The SMILES string of the molecule is c1ccc(-c2cccc3cccc(-n4c5ccccc5c5c6c7ccccc7n(-c7ccc8ccccc8c7)c6ccc54)c23)cc1. The van der Waals surface area contributed by atoms with Crippen molar-refractivity contribution in [1.82, 2.24) is 9.13 Å². The van der Waals surface area contributed by atoms with Crippen LogP contribution in [-0.2, 0) is 0 Å². The first-order valence-corrected chi connectivity index (χ1v) is 15.9. The Morgan fingerprint density at radius 1 is 0.326 bits per heavy atom. The third-order valence-electron chi connectivity index (χ3n) is 9.67. The highest BCUT2D eigenvalue weighted by molar-refractivity contribution is 6.29. The number of aromatic nitrogens is 2. The summed E-state index contributed by atoms with van der Waals surface area (Å²) < 4.78 is 4.93. The number of fused-ring (bicyclic) bond motifs is 9. The van der Waals surface area contributed by atoms with E-state index >= 15 is 0 Å². The Morgan fingerprint density at radius 2 is 0.913 bits per heavy atom. The summed E-state index contributed by atoms with van der Waals surface area (Å²) in [4.78, 5) is 0. The van der Waals surface area contributed by atoms with Crippen LogP contribution in [0.5, 0.6) is 0 Å². The molecule has 0 bridgehead atoms. The van der Waals surface area contributed by atoms with Crippen molar-refractivity contribution in [3.63, 3.8) is 0 Å². The zero-order chi connectivity index (χ0) is 30.2. The molecule has 10 rings (SSSR count). The standard InChI is InChI=1S/C44H28N2/c1-2-13-30(14-3-1)34-20-10-16-31-17-11-23-39(42(31)34)46-38-22-9-7-19-36(38)44-41(46)27-26-40-43(44)35-18-6-8-21-37(35)45(40)33-25-24-29-12-4-5-15-32(29)28-33/h1-28H. The number of rotatable bonds is 3. The van der Waals surface area contributed by atoms with Crippen LogP contribution in [0.1, 0.15) is 0 Å². The summed E-state index contributed by atoms with van der Waals surface area (Å²) in [7, 11) is 0. The highest BCUT2D eigenvalue weighted by Crippen LogP contribution is 2.44. The third-order valence-corrected chi connectivity index (χ3v) is 9.67. The van der Waals surface area contributed by atoms with Crippen molar-refractivity contribution in [2.75, 3.05) is 0 Å². The molecule has 2 nitrogen and oxygen atoms in total. The number of nitrogens with zero attached hydrogens (tertiary/aromatic N) is 2. The van der Waals surface area contributed by atoms with Crippen LogP contribution in [0.4, 0.5) is 0 Å². The minimum absolute atomic E-state index is 1.18. The topological polar surface area (TPSA) is 9.86 Å². The molecular formula is C44H28N2. The predicted molar refractivity (Wildman–Crippen MR) is 196 cm³/mol. The molecule has 8 aromatic carbocycles. The smallest absolute Gasteiger partial charge is 0.0549 e. The van der Waals surface area contributed by atoms with Crippen LogP contribution in [0.25, 0.3) is 87.7 Å². The molecule has 10 aromatic rings. The van der Waals surface area contributed by atoms with Gasteiger partial charge < -0.3 is 9.13 Å². The molecule has 0 fully saturated rings. The van der Waals surface area contributed by atoms with Gasteiger partial charge in [0, 0.05) is 32.6 Å². The number of benzene rings is 8. The number of hydrogen-bond acceptors (Lipinski definition) is 0. The molecule has 214 valence electrons. The van der Waals surface area contributed by atoms with Gasteiger partial charge in [-0.3, -0.25) is 0 Å². The molecule has 0 aliphatic carbocycles. The van der Waals surface area contributed by atoms with E-state index in [-0.39, 0.29) is 0 Å². The fourth-order valence-corrected chi connectivity index (χ4v) is 7.74. The minimum Gasteiger partial charge on any atom is -0.309 e. The summed E-state index contributed by atoms with van der Waals surface area (Å²) >= 11 is 0. The van der Waals surface area contributed by atoms with E-state index in [1.165, 1.54) is 87.7 Å². The van der Waals surface area contributed by atoms with E-state index in [2.05, 4.69) is 179 Å². The molecule has 2 heterocycles. The Balaban J connectivity index is 1.35. The Bertz CT molecular complexity index is 2790. The minimum atomic E-state index is 1.18. The Morgan fingerprint density at radius 3 is 1.67 bits per heavy atom. The zero-order valence-electron chi connectivity index (χ0n) is 25.1. The summed E-state index contributed by atoms with van der Waals surface area (Å²) in [5, 5.41) is 10.1. The van der Waals surface area contributed by atoms with Gasteiger partial charge in [-0.2, -0.15) is 0 Å². The maximum absolute atomic E-state index is 2.49. The zero-order valence-corrected chi connectivity index (χ0v) is 25.1. The quantitative estimate of drug-likeness (QED) is 0.195. The van der Waals surface area contributed by atoms with Gasteiger partial charge in [-0.15, -0.1) is 0 Å². The van der Waals surface area contributed by atoms with E-state index in [0.29, 0.717) is 0 Å². The van der Waals surface area contributed by atoms with E-state index in [0.717, 1.165) is 0 Å². The molecule has 0 radical (unpaired) electrons. The van der Waals surface area contributed by atoms with Crippen LogP contribution in [0.2, 0.25) is 0 Å². The lowest BCUT2D eigenvalue weighted by molar-refractivity contribution is 1.18. The molecule has 0 aliphatic rings. The molecule has 0 atom stereocenters. The molecule has 0 amide bonds. The molecule has 0 spiro atoms. The van der Waals surface area contributed by atoms with E-state index < -0.39 is 0 Å². The van der Waals surface area contributed by atoms with Crippen LogP contribution >= 0.6 is 0 Å². The number of para-hydroxylation sites is 2. The van der Waals surface area contributed by atoms with Gasteiger partial charge in [0.05, 0.1) is 27.8 Å². The lowest BCUT2D eigenvalue weighted by atomic mass is 9.97. The van der Waals surface area contributed by atoms with Crippen LogP contribution in [-0.4, -0.2) is 9.13 Å². The second kappa shape index (κ2) is 9.69. The van der Waals surface area contributed by atoms with Gasteiger partial charge in [0.15, 0.2) is 0 Å². The Kier molecular flexibility index (Phi) is 5.31. The van der Waals surface area contributed by atoms with Crippen molar-refractivity contribution in [1.29, 1.82) is 0 Å². The van der Waals surface area contributed by atoms with Gasteiger partial charge in [-0.05, 0) is 69.8 Å². The fourth-order valence-electron chi connectivity index (χ4n) is 7.74. The van der Waals surface area contributed by atoms with Crippen molar-refractivity contribution in [3.8, 4) is 22.5 Å². The summed E-state index contributed by atoms with van der Waals surface area (Å²) in [6.45, 7) is 0. The van der Waals surface area contributed by atoms with Gasteiger partial charge in [0.1, 0.15) is 0 Å². The van der Waals surface area contributed by atoms with Crippen molar-refractivity contribution >= 4 is 65.2 Å². The van der Waals surface area contributed by atoms with Crippen LogP contribution in [0, 0.1) is 0 Å². The second-order valence-corrected chi connectivity index (χ2v) is 12.1. The van der Waals surface area contributed by atoms with Gasteiger partial charge in [0.25, 0.3) is 0 Å². The summed E-state index contributed by atoms with van der Waals surface area (Å²) in [6, 6.07) is 61.9. The Labute approximate surface area is 266 Å². The first-order chi connectivity index (χ1) is 22.8.